The second-order valence-corrected chi connectivity index (χ2v) is 40.0. The standard InChI is InChI=1S/C24H24N6O2S.C15H13BrN4OS.C9H12N2O.C9H11N2O.C5H4ClN.3C4H9.Sn/c1-2-26-23(31)29-24-28-20-14-17(16-5-4-8-25-15-16)13-18(22(20)33-24)19-6-3-7-21(27-19)30-9-11-32-12-10-30;1-2-18-14(21)20-15-19-12-7-10(6-11(16)13(12)22-15)9-4-3-5-17-8-9;2*1-2-4-10-9(3-1)11-5-7-12-8-6-11;6-5-3-1-2-4-7-5;3*1-3-4-2;/h3-8,13-15H,2,9-12H2,1H3,(H2,26,28,29,31);3-8H,2H2,1H3,(H2,18,19,20,21);1-4H,5-8H2;1-3H,5-8H2;1-4H;3*1,3-4H2,2H3;. The van der Waals surface area contributed by atoms with E-state index in [1.807, 2.05) is 123 Å². The summed E-state index contributed by atoms with van der Waals surface area (Å²) in [7, 11) is 0. The van der Waals surface area contributed by atoms with Crippen LogP contribution in [-0.2, 0) is 14.2 Å². The molecule has 0 radical (unpaired) electrons. The molecule has 0 bridgehead atoms. The Morgan fingerprint density at radius 1 is 0.505 bits per heavy atom. The zero-order valence-electron chi connectivity index (χ0n) is 57.3. The molecular formula is C74H91BrClN15O5S2Sn. The molecule has 0 spiro atoms. The van der Waals surface area contributed by atoms with Gasteiger partial charge in [0.1, 0.15) is 16.8 Å². The Kier molecular flexibility index (Phi) is 31.1. The molecule has 11 heterocycles. The Balaban J connectivity index is 0.000000155. The van der Waals surface area contributed by atoms with Crippen molar-refractivity contribution in [1.29, 1.82) is 0 Å². The van der Waals surface area contributed by atoms with Crippen LogP contribution in [0.15, 0.2) is 163 Å². The number of anilines is 5. The molecule has 2 aromatic carbocycles. The minimum Gasteiger partial charge on any atom is -0.378 e. The van der Waals surface area contributed by atoms with E-state index >= 15 is 0 Å². The molecule has 3 aliphatic heterocycles. The van der Waals surface area contributed by atoms with Crippen molar-refractivity contribution >= 4 is 133 Å². The maximum atomic E-state index is 12.1. The van der Waals surface area contributed by atoms with Crippen molar-refractivity contribution in [1.82, 2.24) is 50.5 Å². The number of hydrogen-bond acceptors (Lipinski definition) is 18. The third-order valence-electron chi connectivity index (χ3n) is 16.6. The second-order valence-electron chi connectivity index (χ2n) is 23.7. The number of morpholine rings is 3. The number of nitrogens with one attached hydrogen (secondary N) is 4. The third kappa shape index (κ3) is 23.0. The number of urea groups is 2. The van der Waals surface area contributed by atoms with E-state index in [0.717, 1.165) is 136 Å². The Labute approximate surface area is 607 Å². The van der Waals surface area contributed by atoms with Gasteiger partial charge in [0.15, 0.2) is 10.3 Å². The van der Waals surface area contributed by atoms with Gasteiger partial charge in [0, 0.05) is 97.6 Å². The summed E-state index contributed by atoms with van der Waals surface area (Å²) in [6.45, 7) is 22.1. The van der Waals surface area contributed by atoms with Gasteiger partial charge >= 0.3 is 172 Å². The SMILES string of the molecule is CCC[CH2][Sn]([CH2]CCC)([CH2]CCC)[c]1cccc(N2CCOCC2)n1.CCNC(=O)Nc1nc2cc(-c3cccnc3)cc(-c3cccc(N4CCOCC4)n3)c2s1.CCNC(=O)Nc1nc2cc(-c3cccnc3)cc(Br)c2s1.Clc1ccccn1.c1ccc(N2CCOCC2)nc1. The summed E-state index contributed by atoms with van der Waals surface area (Å²) in [4.78, 5) is 66.4. The molecule has 3 aliphatic rings. The van der Waals surface area contributed by atoms with Crippen LogP contribution in [0, 0.1) is 0 Å². The van der Waals surface area contributed by atoms with E-state index in [0.29, 0.717) is 41.7 Å². The van der Waals surface area contributed by atoms with Crippen molar-refractivity contribution in [2.45, 2.75) is 86.5 Å². The van der Waals surface area contributed by atoms with Crippen LogP contribution in [0.2, 0.25) is 18.5 Å². The van der Waals surface area contributed by atoms with E-state index in [4.69, 9.17) is 40.8 Å². The van der Waals surface area contributed by atoms with E-state index in [1.54, 1.807) is 28.4 Å². The predicted molar refractivity (Wildman–Crippen MR) is 413 cm³/mol. The number of amides is 4. The number of nitrogens with zero attached hydrogens (tertiary/aromatic N) is 11. The summed E-state index contributed by atoms with van der Waals surface area (Å²) >= 11 is 9.48. The number of aromatic nitrogens is 8. The van der Waals surface area contributed by atoms with Gasteiger partial charge in [0.2, 0.25) is 0 Å². The molecule has 10 aromatic rings. The first-order chi connectivity index (χ1) is 48.5. The normalized spacial score (nSPS) is 13.7. The van der Waals surface area contributed by atoms with Crippen LogP contribution in [-0.4, -0.2) is 162 Å². The minimum atomic E-state index is -2.40. The van der Waals surface area contributed by atoms with Crippen LogP contribution in [0.25, 0.3) is 53.9 Å². The number of pyridine rings is 6. The smallest absolute Gasteiger partial charge is 0.321 e. The Morgan fingerprint density at radius 3 is 1.44 bits per heavy atom. The summed E-state index contributed by atoms with van der Waals surface area (Å²) in [6, 6.07) is 39.9. The van der Waals surface area contributed by atoms with Crippen molar-refractivity contribution < 1.29 is 23.8 Å². The van der Waals surface area contributed by atoms with Crippen LogP contribution in [0.1, 0.15) is 73.1 Å². The number of hydrogen-bond donors (Lipinski definition) is 4. The van der Waals surface area contributed by atoms with Crippen LogP contribution in [0.3, 0.4) is 0 Å². The average Bonchev–Trinajstić information content (AvgIpc) is 1.73. The monoisotopic (exact) mass is 1570 g/mol. The number of thiazole rings is 2. The van der Waals surface area contributed by atoms with Gasteiger partial charge in [-0.2, -0.15) is 0 Å². The number of rotatable bonds is 20. The number of fused-ring (bicyclic) bond motifs is 2. The largest absolute Gasteiger partial charge is 0.378 e. The van der Waals surface area contributed by atoms with Gasteiger partial charge in [-0.25, -0.2) is 34.5 Å². The van der Waals surface area contributed by atoms with Gasteiger partial charge in [-0.3, -0.25) is 20.6 Å². The van der Waals surface area contributed by atoms with E-state index in [-0.39, 0.29) is 12.1 Å². The average molecular weight is 1570 g/mol. The third-order valence-corrected chi connectivity index (χ3v) is 34.9. The second kappa shape index (κ2) is 40.7. The molecule has 4 N–H and O–H groups in total. The first-order valence-corrected chi connectivity index (χ1v) is 44.6. The maximum Gasteiger partial charge on any atom is 0.321 e. The van der Waals surface area contributed by atoms with E-state index in [2.05, 4.69) is 122 Å². The van der Waals surface area contributed by atoms with Crippen molar-refractivity contribution in [3.05, 3.63) is 168 Å². The van der Waals surface area contributed by atoms with Gasteiger partial charge in [-0.15, -0.1) is 0 Å². The Hall–Kier alpha value is -7.49. The van der Waals surface area contributed by atoms with E-state index < -0.39 is 18.4 Å². The first-order valence-electron chi connectivity index (χ1n) is 34.4. The van der Waals surface area contributed by atoms with Crippen LogP contribution < -0.4 is 39.7 Å². The molecule has 3 fully saturated rings. The molecule has 0 saturated carbocycles. The molecule has 522 valence electrons. The molecule has 0 atom stereocenters. The van der Waals surface area contributed by atoms with Crippen molar-refractivity contribution in [2.75, 3.05) is 117 Å². The van der Waals surface area contributed by atoms with Gasteiger partial charge in [0.25, 0.3) is 0 Å². The fourth-order valence-corrected chi connectivity index (χ4v) is 29.6. The van der Waals surface area contributed by atoms with Gasteiger partial charge in [0.05, 0.1) is 52.6 Å². The quantitative estimate of drug-likeness (QED) is 0.0411. The van der Waals surface area contributed by atoms with Gasteiger partial charge in [-0.1, -0.05) is 64.6 Å². The van der Waals surface area contributed by atoms with E-state index in [1.165, 1.54) is 80.3 Å². The summed E-state index contributed by atoms with van der Waals surface area (Å²) < 4.78 is 25.2. The fraction of sp³-hybridized carbons (Fsp3) is 0.378. The molecule has 99 heavy (non-hydrogen) atoms. The molecule has 20 nitrogen and oxygen atoms in total. The number of unbranched alkanes of at least 4 members (excludes halogenated alkanes) is 3. The van der Waals surface area contributed by atoms with Gasteiger partial charge < -0.3 is 29.9 Å². The zero-order valence-corrected chi connectivity index (χ0v) is 64.1. The summed E-state index contributed by atoms with van der Waals surface area (Å²) in [5.41, 5.74) is 7.53. The number of carbonyl (C=O) groups excluding carboxylic acids is 2. The van der Waals surface area contributed by atoms with Crippen molar-refractivity contribution in [2.24, 2.45) is 0 Å². The molecule has 4 amide bonds. The molecule has 0 unspecified atom stereocenters. The zero-order chi connectivity index (χ0) is 69.4. The van der Waals surface area contributed by atoms with Crippen molar-refractivity contribution in [3.8, 4) is 33.5 Å². The fourth-order valence-electron chi connectivity index (χ4n) is 11.5. The number of halogens is 2. The van der Waals surface area contributed by atoms with Crippen LogP contribution in [0.5, 0.6) is 0 Å². The Morgan fingerprint density at radius 2 is 0.980 bits per heavy atom. The number of ether oxygens (including phenoxy) is 3. The summed E-state index contributed by atoms with van der Waals surface area (Å²) in [6.07, 6.45) is 18.8. The molecule has 13 rings (SSSR count). The molecular weight excluding hydrogens is 1480 g/mol. The molecule has 3 saturated heterocycles. The molecule has 25 heteroatoms. The topological polar surface area (TPSA) is 223 Å². The van der Waals surface area contributed by atoms with Crippen molar-refractivity contribution in [3.63, 3.8) is 0 Å². The number of carbonyl (C=O) groups is 2. The minimum absolute atomic E-state index is 0.245. The predicted octanol–water partition coefficient (Wildman–Crippen LogP) is 16.3. The maximum absolute atomic E-state index is 12.1. The molecule has 0 aliphatic carbocycles. The Bertz CT molecular complexity index is 4020. The summed E-state index contributed by atoms with van der Waals surface area (Å²) in [5.74, 6) is 3.19. The van der Waals surface area contributed by atoms with Crippen LogP contribution >= 0.6 is 50.2 Å². The first kappa shape index (κ1) is 75.7. The number of benzene rings is 2. The van der Waals surface area contributed by atoms with E-state index in [9.17, 15) is 9.59 Å². The summed E-state index contributed by atoms with van der Waals surface area (Å²) in [5, 5.41) is 12.7. The van der Waals surface area contributed by atoms with Gasteiger partial charge in [-0.05, 0) is 114 Å². The van der Waals surface area contributed by atoms with Crippen LogP contribution in [0.4, 0.5) is 37.3 Å². The molecule has 8 aromatic heterocycles.